The number of carbonyl (C=O) groups is 1. The SMILES string of the molecule is COc1cccc(F)c1C(=O)NCC1CCC(O)C1. The van der Waals surface area contributed by atoms with E-state index in [4.69, 9.17) is 4.74 Å². The molecule has 0 aromatic heterocycles. The number of rotatable bonds is 4. The third kappa shape index (κ3) is 3.23. The summed E-state index contributed by atoms with van der Waals surface area (Å²) in [4.78, 5) is 12.0. The van der Waals surface area contributed by atoms with Crippen molar-refractivity contribution in [2.45, 2.75) is 25.4 Å². The quantitative estimate of drug-likeness (QED) is 0.873. The minimum absolute atomic E-state index is 0.0662. The Kier molecular flexibility index (Phi) is 4.37. The maximum Gasteiger partial charge on any atom is 0.258 e. The maximum absolute atomic E-state index is 13.7. The van der Waals surface area contributed by atoms with Gasteiger partial charge in [0.2, 0.25) is 0 Å². The van der Waals surface area contributed by atoms with Crippen molar-refractivity contribution in [1.29, 1.82) is 0 Å². The highest BCUT2D eigenvalue weighted by Crippen LogP contribution is 2.25. The van der Waals surface area contributed by atoms with Crippen LogP contribution in [0.25, 0.3) is 0 Å². The van der Waals surface area contributed by atoms with Crippen LogP contribution in [0.4, 0.5) is 4.39 Å². The van der Waals surface area contributed by atoms with Crippen LogP contribution in [-0.4, -0.2) is 30.8 Å². The fraction of sp³-hybridized carbons (Fsp3) is 0.500. The predicted molar refractivity (Wildman–Crippen MR) is 68.6 cm³/mol. The molecule has 2 N–H and O–H groups in total. The minimum atomic E-state index is -0.594. The van der Waals surface area contributed by atoms with Gasteiger partial charge < -0.3 is 15.2 Å². The van der Waals surface area contributed by atoms with Crippen molar-refractivity contribution in [2.75, 3.05) is 13.7 Å². The number of halogens is 1. The molecule has 0 saturated heterocycles. The molecule has 2 atom stereocenters. The first kappa shape index (κ1) is 13.8. The fourth-order valence-corrected chi connectivity index (χ4v) is 2.45. The highest BCUT2D eigenvalue weighted by atomic mass is 19.1. The Morgan fingerprint density at radius 2 is 2.32 bits per heavy atom. The monoisotopic (exact) mass is 267 g/mol. The van der Waals surface area contributed by atoms with Crippen molar-refractivity contribution in [3.8, 4) is 5.75 Å². The van der Waals surface area contributed by atoms with Crippen LogP contribution in [-0.2, 0) is 0 Å². The molecule has 2 rings (SSSR count). The van der Waals surface area contributed by atoms with E-state index in [0.717, 1.165) is 12.8 Å². The van der Waals surface area contributed by atoms with E-state index < -0.39 is 11.7 Å². The molecule has 0 radical (unpaired) electrons. The molecule has 5 heteroatoms. The molecule has 1 amide bonds. The summed E-state index contributed by atoms with van der Waals surface area (Å²) >= 11 is 0. The third-order valence-corrected chi connectivity index (χ3v) is 3.49. The van der Waals surface area contributed by atoms with Gasteiger partial charge in [-0.05, 0) is 37.3 Å². The minimum Gasteiger partial charge on any atom is -0.496 e. The van der Waals surface area contributed by atoms with Crippen LogP contribution >= 0.6 is 0 Å². The number of nitrogens with one attached hydrogen (secondary N) is 1. The first-order valence-electron chi connectivity index (χ1n) is 6.40. The van der Waals surface area contributed by atoms with Gasteiger partial charge in [-0.3, -0.25) is 4.79 Å². The average Bonchev–Trinajstić information content (AvgIpc) is 2.81. The third-order valence-electron chi connectivity index (χ3n) is 3.49. The zero-order valence-electron chi connectivity index (χ0n) is 10.9. The molecule has 104 valence electrons. The summed E-state index contributed by atoms with van der Waals surface area (Å²) in [6, 6.07) is 4.28. The second-order valence-corrected chi connectivity index (χ2v) is 4.86. The van der Waals surface area contributed by atoms with Crippen LogP contribution in [0, 0.1) is 11.7 Å². The van der Waals surface area contributed by atoms with Gasteiger partial charge >= 0.3 is 0 Å². The summed E-state index contributed by atoms with van der Waals surface area (Å²) < 4.78 is 18.7. The summed E-state index contributed by atoms with van der Waals surface area (Å²) in [5, 5.41) is 12.1. The molecule has 1 fully saturated rings. The van der Waals surface area contributed by atoms with E-state index in [1.807, 2.05) is 0 Å². The molecule has 19 heavy (non-hydrogen) atoms. The van der Waals surface area contributed by atoms with Crippen molar-refractivity contribution >= 4 is 5.91 Å². The second kappa shape index (κ2) is 6.02. The summed E-state index contributed by atoms with van der Waals surface area (Å²) in [5.41, 5.74) is -0.0662. The van der Waals surface area contributed by atoms with Gasteiger partial charge in [0.05, 0.1) is 13.2 Å². The van der Waals surface area contributed by atoms with Crippen molar-refractivity contribution in [3.05, 3.63) is 29.6 Å². The Morgan fingerprint density at radius 3 is 2.95 bits per heavy atom. The van der Waals surface area contributed by atoms with Crippen LogP contribution in [0.5, 0.6) is 5.75 Å². The van der Waals surface area contributed by atoms with E-state index in [1.54, 1.807) is 6.07 Å². The first-order valence-corrected chi connectivity index (χ1v) is 6.40. The Balaban J connectivity index is 2.00. The van der Waals surface area contributed by atoms with E-state index in [-0.39, 0.29) is 23.3 Å². The Morgan fingerprint density at radius 1 is 1.53 bits per heavy atom. The highest BCUT2D eigenvalue weighted by molar-refractivity contribution is 5.97. The van der Waals surface area contributed by atoms with Crippen molar-refractivity contribution < 1.29 is 19.0 Å². The molecule has 0 heterocycles. The molecule has 0 bridgehead atoms. The lowest BCUT2D eigenvalue weighted by atomic mass is 10.1. The zero-order valence-corrected chi connectivity index (χ0v) is 10.9. The number of amides is 1. The molecule has 1 saturated carbocycles. The summed E-state index contributed by atoms with van der Waals surface area (Å²) in [6.45, 7) is 0.452. The molecule has 4 nitrogen and oxygen atoms in total. The van der Waals surface area contributed by atoms with Gasteiger partial charge in [0.15, 0.2) is 0 Å². The first-order chi connectivity index (χ1) is 9.11. The van der Waals surface area contributed by atoms with Gasteiger partial charge in [-0.1, -0.05) is 6.07 Å². The van der Waals surface area contributed by atoms with Crippen molar-refractivity contribution in [3.63, 3.8) is 0 Å². The van der Waals surface area contributed by atoms with Crippen LogP contribution in [0.2, 0.25) is 0 Å². The molecular formula is C14H18FNO3. The number of ether oxygens (including phenoxy) is 1. The van der Waals surface area contributed by atoms with Gasteiger partial charge in [0.25, 0.3) is 5.91 Å². The van der Waals surface area contributed by atoms with E-state index in [9.17, 15) is 14.3 Å². The number of methoxy groups -OCH3 is 1. The molecule has 0 aliphatic heterocycles. The average molecular weight is 267 g/mol. The smallest absolute Gasteiger partial charge is 0.258 e. The molecule has 0 spiro atoms. The Bertz CT molecular complexity index is 464. The lowest BCUT2D eigenvalue weighted by molar-refractivity contribution is 0.0937. The highest BCUT2D eigenvalue weighted by Gasteiger charge is 2.24. The van der Waals surface area contributed by atoms with Crippen LogP contribution < -0.4 is 10.1 Å². The molecular weight excluding hydrogens is 249 g/mol. The van der Waals surface area contributed by atoms with Crippen molar-refractivity contribution in [2.24, 2.45) is 5.92 Å². The lowest BCUT2D eigenvalue weighted by Crippen LogP contribution is -2.29. The molecule has 1 aliphatic carbocycles. The molecule has 1 aromatic rings. The standard InChI is InChI=1S/C14H18FNO3/c1-19-12-4-2-3-11(15)13(12)14(18)16-8-9-5-6-10(17)7-9/h2-4,9-10,17H,5-8H2,1H3,(H,16,18). The number of carbonyl (C=O) groups excluding carboxylic acids is 1. The van der Waals surface area contributed by atoms with Crippen LogP contribution in [0.15, 0.2) is 18.2 Å². The van der Waals surface area contributed by atoms with Gasteiger partial charge in [0, 0.05) is 6.54 Å². The zero-order chi connectivity index (χ0) is 13.8. The van der Waals surface area contributed by atoms with Crippen LogP contribution in [0.1, 0.15) is 29.6 Å². The van der Waals surface area contributed by atoms with Gasteiger partial charge in [-0.2, -0.15) is 0 Å². The van der Waals surface area contributed by atoms with E-state index in [2.05, 4.69) is 5.32 Å². The Hall–Kier alpha value is -1.62. The molecule has 1 aliphatic rings. The Labute approximate surface area is 111 Å². The van der Waals surface area contributed by atoms with Gasteiger partial charge in [-0.15, -0.1) is 0 Å². The topological polar surface area (TPSA) is 58.6 Å². The lowest BCUT2D eigenvalue weighted by Gasteiger charge is -2.13. The number of aliphatic hydroxyl groups excluding tert-OH is 1. The van der Waals surface area contributed by atoms with E-state index >= 15 is 0 Å². The predicted octanol–water partition coefficient (Wildman–Crippen LogP) is 1.73. The summed E-state index contributed by atoms with van der Waals surface area (Å²) in [7, 11) is 1.40. The number of aliphatic hydroxyl groups is 1. The largest absolute Gasteiger partial charge is 0.496 e. The summed E-state index contributed by atoms with van der Waals surface area (Å²) in [5.74, 6) is -0.583. The fourth-order valence-electron chi connectivity index (χ4n) is 2.45. The van der Waals surface area contributed by atoms with Gasteiger partial charge in [0.1, 0.15) is 17.1 Å². The summed E-state index contributed by atoms with van der Waals surface area (Å²) in [6.07, 6.45) is 2.07. The normalized spacial score (nSPS) is 22.3. The molecule has 2 unspecified atom stereocenters. The van der Waals surface area contributed by atoms with Crippen molar-refractivity contribution in [1.82, 2.24) is 5.32 Å². The van der Waals surface area contributed by atoms with Crippen LogP contribution in [0.3, 0.4) is 0 Å². The van der Waals surface area contributed by atoms with Gasteiger partial charge in [-0.25, -0.2) is 4.39 Å². The maximum atomic E-state index is 13.7. The number of hydrogen-bond donors (Lipinski definition) is 2. The second-order valence-electron chi connectivity index (χ2n) is 4.86. The number of hydrogen-bond acceptors (Lipinski definition) is 3. The van der Waals surface area contributed by atoms with E-state index in [0.29, 0.717) is 13.0 Å². The number of benzene rings is 1. The van der Waals surface area contributed by atoms with E-state index in [1.165, 1.54) is 19.2 Å². The molecule has 1 aromatic carbocycles.